The first-order valence-electron chi connectivity index (χ1n) is 6.40. The van der Waals surface area contributed by atoms with E-state index < -0.39 is 10.0 Å². The minimum atomic E-state index is -3.51. The van der Waals surface area contributed by atoms with Gasteiger partial charge in [-0.25, -0.2) is 13.1 Å². The molecule has 6 heteroatoms. The third kappa shape index (κ3) is 5.59. The summed E-state index contributed by atoms with van der Waals surface area (Å²) in [6.45, 7) is 5.19. The van der Waals surface area contributed by atoms with Gasteiger partial charge in [-0.1, -0.05) is 13.3 Å². The van der Waals surface area contributed by atoms with Crippen LogP contribution in [0.1, 0.15) is 25.3 Å². The summed E-state index contributed by atoms with van der Waals surface area (Å²) >= 11 is 0. The van der Waals surface area contributed by atoms with E-state index in [0.717, 1.165) is 18.4 Å². The van der Waals surface area contributed by atoms with Gasteiger partial charge in [0.2, 0.25) is 10.0 Å². The van der Waals surface area contributed by atoms with E-state index in [1.165, 1.54) is 6.07 Å². The van der Waals surface area contributed by atoms with E-state index in [1.54, 1.807) is 12.1 Å². The summed E-state index contributed by atoms with van der Waals surface area (Å²) in [5, 5.41) is 0. The Morgan fingerprint density at radius 3 is 2.63 bits per heavy atom. The normalized spacial score (nSPS) is 11.7. The highest BCUT2D eigenvalue weighted by atomic mass is 32.2. The van der Waals surface area contributed by atoms with Crippen molar-refractivity contribution < 1.29 is 13.2 Å². The highest BCUT2D eigenvalue weighted by Gasteiger charge is 2.14. The molecule has 0 aliphatic rings. The Morgan fingerprint density at radius 2 is 2.00 bits per heavy atom. The molecule has 0 aliphatic heterocycles. The number of ether oxygens (including phenoxy) is 1. The van der Waals surface area contributed by atoms with Crippen molar-refractivity contribution in [1.82, 2.24) is 4.72 Å². The van der Waals surface area contributed by atoms with E-state index in [0.29, 0.717) is 18.9 Å². The Bertz CT molecular complexity index is 480. The summed E-state index contributed by atoms with van der Waals surface area (Å²) < 4.78 is 31.8. The molecule has 1 aromatic rings. The van der Waals surface area contributed by atoms with Crippen LogP contribution >= 0.6 is 0 Å². The first kappa shape index (κ1) is 15.9. The van der Waals surface area contributed by atoms with Crippen molar-refractivity contribution in [3.05, 3.63) is 23.8 Å². The molecule has 0 unspecified atom stereocenters. The van der Waals surface area contributed by atoms with Gasteiger partial charge in [-0.2, -0.15) is 0 Å². The SMILES string of the molecule is CCCCOCCNS(=O)(=O)c1cc(C)cc(N)c1. The van der Waals surface area contributed by atoms with E-state index in [-0.39, 0.29) is 11.4 Å². The van der Waals surface area contributed by atoms with Crippen LogP contribution in [-0.2, 0) is 14.8 Å². The number of hydrogen-bond acceptors (Lipinski definition) is 4. The van der Waals surface area contributed by atoms with Crippen molar-refractivity contribution in [2.45, 2.75) is 31.6 Å². The van der Waals surface area contributed by atoms with Gasteiger partial charge in [-0.05, 0) is 37.1 Å². The Kier molecular flexibility index (Phi) is 6.27. The van der Waals surface area contributed by atoms with E-state index in [4.69, 9.17) is 10.5 Å². The highest BCUT2D eigenvalue weighted by molar-refractivity contribution is 7.89. The molecule has 108 valence electrons. The summed E-state index contributed by atoms with van der Waals surface area (Å²) in [7, 11) is -3.51. The number of hydrogen-bond donors (Lipinski definition) is 2. The summed E-state index contributed by atoms with van der Waals surface area (Å²) in [5.41, 5.74) is 6.91. The largest absolute Gasteiger partial charge is 0.399 e. The first-order valence-corrected chi connectivity index (χ1v) is 7.88. The summed E-state index contributed by atoms with van der Waals surface area (Å²) in [4.78, 5) is 0.193. The smallest absolute Gasteiger partial charge is 0.240 e. The molecule has 0 heterocycles. The van der Waals surface area contributed by atoms with Gasteiger partial charge in [-0.15, -0.1) is 0 Å². The molecule has 0 saturated heterocycles. The number of nitrogens with two attached hydrogens (primary N) is 1. The maximum atomic E-state index is 12.0. The van der Waals surface area contributed by atoms with Gasteiger partial charge in [0.25, 0.3) is 0 Å². The molecule has 0 aliphatic carbocycles. The van der Waals surface area contributed by atoms with Crippen LogP contribution in [0.5, 0.6) is 0 Å². The quantitative estimate of drug-likeness (QED) is 0.562. The highest BCUT2D eigenvalue weighted by Crippen LogP contribution is 2.15. The van der Waals surface area contributed by atoms with Crippen LogP contribution in [0.4, 0.5) is 5.69 Å². The average Bonchev–Trinajstić information content (AvgIpc) is 2.32. The molecule has 0 radical (unpaired) electrons. The van der Waals surface area contributed by atoms with Crippen molar-refractivity contribution in [2.24, 2.45) is 0 Å². The molecule has 0 atom stereocenters. The van der Waals surface area contributed by atoms with Crippen molar-refractivity contribution in [1.29, 1.82) is 0 Å². The lowest BCUT2D eigenvalue weighted by molar-refractivity contribution is 0.136. The van der Waals surface area contributed by atoms with Gasteiger partial charge < -0.3 is 10.5 Å². The molecular weight excluding hydrogens is 264 g/mol. The second kappa shape index (κ2) is 7.47. The van der Waals surface area contributed by atoms with Gasteiger partial charge in [0.15, 0.2) is 0 Å². The number of aryl methyl sites for hydroxylation is 1. The van der Waals surface area contributed by atoms with E-state index >= 15 is 0 Å². The van der Waals surface area contributed by atoms with Crippen molar-refractivity contribution in [3.63, 3.8) is 0 Å². The molecule has 0 amide bonds. The number of unbranched alkanes of at least 4 members (excludes halogenated alkanes) is 1. The molecule has 0 saturated carbocycles. The predicted molar refractivity (Wildman–Crippen MR) is 76.5 cm³/mol. The Balaban J connectivity index is 2.51. The maximum Gasteiger partial charge on any atom is 0.240 e. The lowest BCUT2D eigenvalue weighted by Crippen LogP contribution is -2.27. The van der Waals surface area contributed by atoms with Gasteiger partial charge in [0.05, 0.1) is 11.5 Å². The monoisotopic (exact) mass is 286 g/mol. The van der Waals surface area contributed by atoms with Gasteiger partial charge >= 0.3 is 0 Å². The Morgan fingerprint density at radius 1 is 1.26 bits per heavy atom. The lowest BCUT2D eigenvalue weighted by Gasteiger charge is -2.09. The number of sulfonamides is 1. The van der Waals surface area contributed by atoms with Gasteiger partial charge in [-0.3, -0.25) is 0 Å². The number of nitrogen functional groups attached to an aromatic ring is 1. The van der Waals surface area contributed by atoms with Crippen LogP contribution < -0.4 is 10.5 Å². The molecule has 1 rings (SSSR count). The van der Waals surface area contributed by atoms with Crippen LogP contribution in [-0.4, -0.2) is 28.2 Å². The molecular formula is C13H22N2O3S. The van der Waals surface area contributed by atoms with Crippen LogP contribution in [0.3, 0.4) is 0 Å². The second-order valence-electron chi connectivity index (χ2n) is 4.44. The van der Waals surface area contributed by atoms with Crippen molar-refractivity contribution in [2.75, 3.05) is 25.5 Å². The van der Waals surface area contributed by atoms with E-state index in [2.05, 4.69) is 11.6 Å². The van der Waals surface area contributed by atoms with Crippen LogP contribution in [0.25, 0.3) is 0 Å². The number of benzene rings is 1. The van der Waals surface area contributed by atoms with Gasteiger partial charge in [0.1, 0.15) is 0 Å². The molecule has 19 heavy (non-hydrogen) atoms. The molecule has 0 spiro atoms. The van der Waals surface area contributed by atoms with Gasteiger partial charge in [0, 0.05) is 18.8 Å². The molecule has 0 bridgehead atoms. The minimum Gasteiger partial charge on any atom is -0.399 e. The van der Waals surface area contributed by atoms with Crippen molar-refractivity contribution >= 4 is 15.7 Å². The first-order chi connectivity index (χ1) is 8.95. The average molecular weight is 286 g/mol. The van der Waals surface area contributed by atoms with Crippen LogP contribution in [0, 0.1) is 6.92 Å². The second-order valence-corrected chi connectivity index (χ2v) is 6.21. The fourth-order valence-electron chi connectivity index (χ4n) is 1.61. The molecule has 0 fully saturated rings. The topological polar surface area (TPSA) is 81.4 Å². The molecule has 0 aromatic heterocycles. The van der Waals surface area contributed by atoms with Crippen LogP contribution in [0.2, 0.25) is 0 Å². The maximum absolute atomic E-state index is 12.0. The Labute approximate surface area is 115 Å². The lowest BCUT2D eigenvalue weighted by atomic mass is 10.2. The summed E-state index contributed by atoms with van der Waals surface area (Å²) in [6.07, 6.45) is 2.05. The molecule has 5 nitrogen and oxygen atoms in total. The number of rotatable bonds is 8. The summed E-state index contributed by atoms with van der Waals surface area (Å²) in [5.74, 6) is 0. The summed E-state index contributed by atoms with van der Waals surface area (Å²) in [6, 6.07) is 4.77. The van der Waals surface area contributed by atoms with E-state index in [1.807, 2.05) is 6.92 Å². The zero-order valence-electron chi connectivity index (χ0n) is 11.5. The third-order valence-corrected chi connectivity index (χ3v) is 4.00. The Hall–Kier alpha value is -1.11. The predicted octanol–water partition coefficient (Wildman–Crippen LogP) is 1.67. The van der Waals surface area contributed by atoms with Crippen LogP contribution in [0.15, 0.2) is 23.1 Å². The minimum absolute atomic E-state index is 0.193. The molecule has 3 N–H and O–H groups in total. The number of nitrogens with one attached hydrogen (secondary N) is 1. The van der Waals surface area contributed by atoms with E-state index in [9.17, 15) is 8.42 Å². The number of anilines is 1. The zero-order valence-corrected chi connectivity index (χ0v) is 12.3. The fraction of sp³-hybridized carbons (Fsp3) is 0.538. The fourth-order valence-corrected chi connectivity index (χ4v) is 2.76. The standard InChI is InChI=1S/C13H22N2O3S/c1-3-4-6-18-7-5-15-19(16,17)13-9-11(2)8-12(14)10-13/h8-10,15H,3-7,14H2,1-2H3. The zero-order chi connectivity index (χ0) is 14.3. The third-order valence-electron chi connectivity index (χ3n) is 2.56. The van der Waals surface area contributed by atoms with Crippen molar-refractivity contribution in [3.8, 4) is 0 Å². The molecule has 1 aromatic carbocycles.